The number of nitrogens with one attached hydrogen (secondary N) is 1. The van der Waals surface area contributed by atoms with Crippen molar-refractivity contribution in [2.24, 2.45) is 10.7 Å². The zero-order chi connectivity index (χ0) is 17.4. The SMILES string of the molecule is COCCOc1ncccc1CN=C(N)Nc1cc(C)cc(C)c1.I. The summed E-state index contributed by atoms with van der Waals surface area (Å²) in [5.41, 5.74) is 10.1. The van der Waals surface area contributed by atoms with Crippen LogP contribution in [0.3, 0.4) is 0 Å². The topological polar surface area (TPSA) is 81.8 Å². The first-order chi connectivity index (χ1) is 11.6. The minimum Gasteiger partial charge on any atom is -0.475 e. The number of rotatable bonds is 7. The van der Waals surface area contributed by atoms with Crippen LogP contribution in [0.25, 0.3) is 0 Å². The molecule has 0 saturated carbocycles. The summed E-state index contributed by atoms with van der Waals surface area (Å²) in [6.07, 6.45) is 1.69. The molecule has 0 unspecified atom stereocenters. The molecule has 2 aromatic rings. The average Bonchev–Trinajstić information content (AvgIpc) is 2.53. The number of guanidine groups is 1. The molecule has 1 aromatic carbocycles. The summed E-state index contributed by atoms with van der Waals surface area (Å²) in [4.78, 5) is 8.60. The number of aryl methyl sites for hydroxylation is 2. The predicted molar refractivity (Wildman–Crippen MR) is 112 cm³/mol. The lowest BCUT2D eigenvalue weighted by Gasteiger charge is -2.10. The summed E-state index contributed by atoms with van der Waals surface area (Å²) in [5.74, 6) is 0.907. The van der Waals surface area contributed by atoms with E-state index < -0.39 is 0 Å². The van der Waals surface area contributed by atoms with E-state index >= 15 is 0 Å². The largest absolute Gasteiger partial charge is 0.475 e. The lowest BCUT2D eigenvalue weighted by molar-refractivity contribution is 0.143. The van der Waals surface area contributed by atoms with Gasteiger partial charge < -0.3 is 20.5 Å². The monoisotopic (exact) mass is 456 g/mol. The molecule has 7 heteroatoms. The molecule has 6 nitrogen and oxygen atoms in total. The first kappa shape index (κ1) is 21.2. The number of hydrogen-bond donors (Lipinski definition) is 2. The summed E-state index contributed by atoms with van der Waals surface area (Å²) in [7, 11) is 1.63. The second kappa shape index (κ2) is 10.9. The molecule has 2 rings (SSSR count). The molecule has 1 heterocycles. The average molecular weight is 456 g/mol. The highest BCUT2D eigenvalue weighted by Gasteiger charge is 2.05. The molecule has 0 saturated heterocycles. The maximum atomic E-state index is 5.98. The Balaban J connectivity index is 0.00000312. The van der Waals surface area contributed by atoms with E-state index in [1.807, 2.05) is 38.1 Å². The number of aromatic nitrogens is 1. The molecule has 0 bridgehead atoms. The van der Waals surface area contributed by atoms with Crippen LogP contribution in [0.15, 0.2) is 41.5 Å². The van der Waals surface area contributed by atoms with E-state index in [0.717, 1.165) is 11.3 Å². The summed E-state index contributed by atoms with van der Waals surface area (Å²) in [5, 5.41) is 3.11. The molecule has 0 fully saturated rings. The van der Waals surface area contributed by atoms with Crippen LogP contribution in [0, 0.1) is 13.8 Å². The zero-order valence-electron chi connectivity index (χ0n) is 14.8. The summed E-state index contributed by atoms with van der Waals surface area (Å²) >= 11 is 0. The van der Waals surface area contributed by atoms with Gasteiger partial charge in [-0.1, -0.05) is 12.1 Å². The van der Waals surface area contributed by atoms with E-state index in [9.17, 15) is 0 Å². The third-order valence-electron chi connectivity index (χ3n) is 3.29. The molecule has 1 aromatic heterocycles. The number of ether oxygens (including phenoxy) is 2. The fraction of sp³-hybridized carbons (Fsp3) is 0.333. The zero-order valence-corrected chi connectivity index (χ0v) is 17.1. The quantitative estimate of drug-likeness (QED) is 0.289. The van der Waals surface area contributed by atoms with Crippen molar-refractivity contribution in [2.45, 2.75) is 20.4 Å². The van der Waals surface area contributed by atoms with Crippen LogP contribution >= 0.6 is 24.0 Å². The number of methoxy groups -OCH3 is 1. The number of pyridine rings is 1. The number of nitrogens with zero attached hydrogens (tertiary/aromatic N) is 2. The van der Waals surface area contributed by atoms with Crippen molar-refractivity contribution < 1.29 is 9.47 Å². The first-order valence-corrected chi connectivity index (χ1v) is 7.79. The van der Waals surface area contributed by atoms with E-state index in [4.69, 9.17) is 15.2 Å². The van der Waals surface area contributed by atoms with Gasteiger partial charge in [-0.05, 0) is 43.2 Å². The van der Waals surface area contributed by atoms with Gasteiger partial charge in [-0.3, -0.25) is 0 Å². The van der Waals surface area contributed by atoms with Gasteiger partial charge >= 0.3 is 0 Å². The smallest absolute Gasteiger partial charge is 0.218 e. The lowest BCUT2D eigenvalue weighted by Crippen LogP contribution is -2.22. The van der Waals surface area contributed by atoms with Gasteiger partial charge in [0.25, 0.3) is 0 Å². The van der Waals surface area contributed by atoms with Crippen molar-refractivity contribution in [1.29, 1.82) is 0 Å². The number of hydrogen-bond acceptors (Lipinski definition) is 4. The maximum absolute atomic E-state index is 5.98. The van der Waals surface area contributed by atoms with Gasteiger partial charge in [0.05, 0.1) is 13.2 Å². The van der Waals surface area contributed by atoms with Gasteiger partial charge in [0.15, 0.2) is 5.96 Å². The van der Waals surface area contributed by atoms with E-state index in [2.05, 4.69) is 21.4 Å². The predicted octanol–water partition coefficient (Wildman–Crippen LogP) is 3.27. The Hall–Kier alpha value is -1.87. The lowest BCUT2D eigenvalue weighted by atomic mass is 10.1. The van der Waals surface area contributed by atoms with Gasteiger partial charge in [0, 0.05) is 24.6 Å². The second-order valence-electron chi connectivity index (χ2n) is 5.51. The number of anilines is 1. The third kappa shape index (κ3) is 7.27. The Labute approximate surface area is 165 Å². The third-order valence-corrected chi connectivity index (χ3v) is 3.29. The van der Waals surface area contributed by atoms with Crippen molar-refractivity contribution in [2.75, 3.05) is 25.6 Å². The highest BCUT2D eigenvalue weighted by atomic mass is 127. The van der Waals surface area contributed by atoms with Crippen LogP contribution in [-0.4, -0.2) is 31.3 Å². The highest BCUT2D eigenvalue weighted by Crippen LogP contribution is 2.16. The molecule has 136 valence electrons. The first-order valence-electron chi connectivity index (χ1n) is 7.79. The van der Waals surface area contributed by atoms with Crippen molar-refractivity contribution in [3.63, 3.8) is 0 Å². The normalized spacial score (nSPS) is 10.9. The molecule has 0 atom stereocenters. The van der Waals surface area contributed by atoms with Crippen molar-refractivity contribution in [3.05, 3.63) is 53.2 Å². The fourth-order valence-electron chi connectivity index (χ4n) is 2.30. The van der Waals surface area contributed by atoms with Crippen LogP contribution in [-0.2, 0) is 11.3 Å². The van der Waals surface area contributed by atoms with Crippen molar-refractivity contribution in [3.8, 4) is 5.88 Å². The van der Waals surface area contributed by atoms with Crippen LogP contribution in [0.4, 0.5) is 5.69 Å². The van der Waals surface area contributed by atoms with E-state index in [1.54, 1.807) is 13.3 Å². The molecular weight excluding hydrogens is 431 g/mol. The van der Waals surface area contributed by atoms with Crippen LogP contribution in [0.2, 0.25) is 0 Å². The van der Waals surface area contributed by atoms with Crippen LogP contribution in [0.1, 0.15) is 16.7 Å². The summed E-state index contributed by atoms with van der Waals surface area (Å²) in [6, 6.07) is 9.93. The molecule has 25 heavy (non-hydrogen) atoms. The van der Waals surface area contributed by atoms with E-state index in [-0.39, 0.29) is 24.0 Å². The second-order valence-corrected chi connectivity index (χ2v) is 5.51. The standard InChI is InChI=1S/C18H24N4O2.HI/c1-13-9-14(2)11-16(10-13)22-18(19)21-12-15-5-4-6-20-17(15)24-8-7-23-3;/h4-6,9-11H,7-8,12H2,1-3H3,(H3,19,21,22);1H. The molecule has 0 aliphatic heterocycles. The van der Waals surface area contributed by atoms with Gasteiger partial charge in [0.2, 0.25) is 5.88 Å². The molecule has 0 aliphatic rings. The van der Waals surface area contributed by atoms with Gasteiger partial charge in [-0.25, -0.2) is 9.98 Å². The number of benzene rings is 1. The molecule has 0 radical (unpaired) electrons. The number of aliphatic imine (C=N–C) groups is 1. The highest BCUT2D eigenvalue weighted by molar-refractivity contribution is 14.0. The number of nitrogens with two attached hydrogens (primary N) is 1. The molecule has 3 N–H and O–H groups in total. The minimum absolute atomic E-state index is 0. The van der Waals surface area contributed by atoms with Gasteiger partial charge in [-0.2, -0.15) is 0 Å². The molecular formula is C18H25IN4O2. The van der Waals surface area contributed by atoms with Gasteiger partial charge in [-0.15, -0.1) is 24.0 Å². The Bertz CT molecular complexity index is 687. The Morgan fingerprint density at radius 2 is 1.92 bits per heavy atom. The number of halogens is 1. The van der Waals surface area contributed by atoms with Crippen LogP contribution < -0.4 is 15.8 Å². The van der Waals surface area contributed by atoms with Gasteiger partial charge in [0.1, 0.15) is 6.61 Å². The summed E-state index contributed by atoms with van der Waals surface area (Å²) < 4.78 is 10.6. The minimum atomic E-state index is 0. The Morgan fingerprint density at radius 3 is 2.60 bits per heavy atom. The van der Waals surface area contributed by atoms with Crippen LogP contribution in [0.5, 0.6) is 5.88 Å². The van der Waals surface area contributed by atoms with Crippen molar-refractivity contribution >= 4 is 35.6 Å². The molecule has 0 spiro atoms. The Kier molecular flexibility index (Phi) is 9.22. The summed E-state index contributed by atoms with van der Waals surface area (Å²) in [6.45, 7) is 5.44. The molecule has 0 amide bonds. The van der Waals surface area contributed by atoms with Crippen molar-refractivity contribution in [1.82, 2.24) is 4.98 Å². The Morgan fingerprint density at radius 1 is 1.20 bits per heavy atom. The maximum Gasteiger partial charge on any atom is 0.218 e. The fourth-order valence-corrected chi connectivity index (χ4v) is 2.30. The molecule has 0 aliphatic carbocycles. The van der Waals surface area contributed by atoms with E-state index in [0.29, 0.717) is 31.6 Å². The van der Waals surface area contributed by atoms with E-state index in [1.165, 1.54) is 11.1 Å².